The van der Waals surface area contributed by atoms with Gasteiger partial charge in [0, 0.05) is 5.56 Å². The van der Waals surface area contributed by atoms with Gasteiger partial charge in [-0.25, -0.2) is 4.79 Å². The van der Waals surface area contributed by atoms with E-state index in [1.165, 1.54) is 7.11 Å². The highest BCUT2D eigenvalue weighted by Crippen LogP contribution is 2.48. The SMILES string of the molecule is CCOC(=O)C1=C(c2ccccc2)OC(N)=C(C#N)C1c1cc(OC)c2c(c1)OCO2. The molecule has 0 radical (unpaired) electrons. The van der Waals surface area contributed by atoms with Gasteiger partial charge in [0.1, 0.15) is 17.4 Å². The van der Waals surface area contributed by atoms with Crippen LogP contribution in [0.25, 0.3) is 5.76 Å². The number of allylic oxidation sites excluding steroid dienone is 1. The lowest BCUT2D eigenvalue weighted by atomic mass is 9.81. The van der Waals surface area contributed by atoms with Crippen LogP contribution in [0.4, 0.5) is 0 Å². The van der Waals surface area contributed by atoms with Crippen LogP contribution in [0.3, 0.4) is 0 Å². The molecule has 4 rings (SSSR count). The van der Waals surface area contributed by atoms with Crippen molar-refractivity contribution in [3.63, 3.8) is 0 Å². The number of esters is 1. The van der Waals surface area contributed by atoms with Gasteiger partial charge in [0.05, 0.1) is 25.2 Å². The maximum Gasteiger partial charge on any atom is 0.338 e. The largest absolute Gasteiger partial charge is 0.493 e. The maximum absolute atomic E-state index is 13.1. The normalized spacial score (nSPS) is 17.1. The molecule has 0 aromatic heterocycles. The van der Waals surface area contributed by atoms with E-state index in [0.29, 0.717) is 28.4 Å². The third-order valence-corrected chi connectivity index (χ3v) is 4.97. The number of hydrogen-bond acceptors (Lipinski definition) is 8. The Hall–Kier alpha value is -4.12. The topological polar surface area (TPSA) is 113 Å². The van der Waals surface area contributed by atoms with E-state index < -0.39 is 11.9 Å². The van der Waals surface area contributed by atoms with Gasteiger partial charge >= 0.3 is 5.97 Å². The standard InChI is InChI=1S/C23H20N2O6/c1-3-28-23(26)19-18(14-9-16(27-2)21-17(10-14)29-12-30-21)15(11-24)22(25)31-20(19)13-7-5-4-6-8-13/h4-10,18H,3,12,25H2,1-2H3. The zero-order chi connectivity index (χ0) is 22.0. The number of nitrogens with two attached hydrogens (primary N) is 1. The molecular formula is C23H20N2O6. The number of rotatable bonds is 5. The Morgan fingerprint density at radius 1 is 1.26 bits per heavy atom. The van der Waals surface area contributed by atoms with E-state index in [-0.39, 0.29) is 36.2 Å². The first-order valence-corrected chi connectivity index (χ1v) is 9.60. The molecule has 8 heteroatoms. The number of carbonyl (C=O) groups excluding carboxylic acids is 1. The van der Waals surface area contributed by atoms with Gasteiger partial charge in [-0.1, -0.05) is 30.3 Å². The zero-order valence-electron chi connectivity index (χ0n) is 17.0. The molecule has 2 aliphatic rings. The van der Waals surface area contributed by atoms with E-state index in [2.05, 4.69) is 6.07 Å². The van der Waals surface area contributed by atoms with Crippen molar-refractivity contribution in [2.45, 2.75) is 12.8 Å². The number of nitriles is 1. The first-order chi connectivity index (χ1) is 15.1. The van der Waals surface area contributed by atoms with Crippen LogP contribution in [0, 0.1) is 11.3 Å². The van der Waals surface area contributed by atoms with E-state index in [1.54, 1.807) is 31.2 Å². The summed E-state index contributed by atoms with van der Waals surface area (Å²) in [7, 11) is 1.50. The zero-order valence-corrected chi connectivity index (χ0v) is 17.0. The fourth-order valence-electron chi connectivity index (χ4n) is 3.63. The molecule has 31 heavy (non-hydrogen) atoms. The van der Waals surface area contributed by atoms with E-state index in [4.69, 9.17) is 29.4 Å². The summed E-state index contributed by atoms with van der Waals surface area (Å²) in [6.07, 6.45) is 0. The van der Waals surface area contributed by atoms with Crippen molar-refractivity contribution in [1.82, 2.24) is 0 Å². The molecule has 2 aromatic carbocycles. The summed E-state index contributed by atoms with van der Waals surface area (Å²) in [6, 6.07) is 14.5. The van der Waals surface area contributed by atoms with Crippen LogP contribution >= 0.6 is 0 Å². The molecule has 2 N–H and O–H groups in total. The molecule has 1 atom stereocenters. The van der Waals surface area contributed by atoms with Crippen LogP contribution < -0.4 is 19.9 Å². The van der Waals surface area contributed by atoms with Crippen LogP contribution in [-0.2, 0) is 14.3 Å². The molecule has 2 aromatic rings. The van der Waals surface area contributed by atoms with Gasteiger partial charge in [-0.2, -0.15) is 5.26 Å². The lowest BCUT2D eigenvalue weighted by Crippen LogP contribution is -2.26. The fraction of sp³-hybridized carbons (Fsp3) is 0.217. The van der Waals surface area contributed by atoms with Crippen LogP contribution in [0.1, 0.15) is 24.0 Å². The molecule has 0 saturated carbocycles. The molecule has 0 saturated heterocycles. The molecule has 1 unspecified atom stereocenters. The van der Waals surface area contributed by atoms with Gasteiger partial charge in [-0.15, -0.1) is 0 Å². The van der Waals surface area contributed by atoms with Crippen LogP contribution in [-0.4, -0.2) is 26.5 Å². The minimum Gasteiger partial charge on any atom is -0.493 e. The predicted octanol–water partition coefficient (Wildman–Crippen LogP) is 3.21. The minimum absolute atomic E-state index is 0.0435. The van der Waals surface area contributed by atoms with E-state index in [1.807, 2.05) is 18.2 Å². The Bertz CT molecular complexity index is 1130. The molecule has 0 spiro atoms. The average Bonchev–Trinajstić information content (AvgIpc) is 3.27. The van der Waals surface area contributed by atoms with Crippen molar-refractivity contribution in [3.8, 4) is 23.3 Å². The van der Waals surface area contributed by atoms with E-state index in [0.717, 1.165) is 0 Å². The number of ether oxygens (including phenoxy) is 5. The highest BCUT2D eigenvalue weighted by atomic mass is 16.7. The Morgan fingerprint density at radius 2 is 2.03 bits per heavy atom. The molecule has 2 aliphatic heterocycles. The fourth-order valence-corrected chi connectivity index (χ4v) is 3.63. The van der Waals surface area contributed by atoms with Crippen LogP contribution in [0.5, 0.6) is 17.2 Å². The number of fused-ring (bicyclic) bond motifs is 1. The Balaban J connectivity index is 1.98. The molecule has 2 heterocycles. The minimum atomic E-state index is -0.851. The van der Waals surface area contributed by atoms with Crippen molar-refractivity contribution in [2.75, 3.05) is 20.5 Å². The molecular weight excluding hydrogens is 400 g/mol. The molecule has 158 valence electrons. The van der Waals surface area contributed by atoms with E-state index >= 15 is 0 Å². The predicted molar refractivity (Wildman–Crippen MR) is 110 cm³/mol. The van der Waals surface area contributed by atoms with Gasteiger partial charge in [0.15, 0.2) is 11.5 Å². The highest BCUT2D eigenvalue weighted by molar-refractivity contribution is 6.00. The quantitative estimate of drug-likeness (QED) is 0.734. The Morgan fingerprint density at radius 3 is 2.71 bits per heavy atom. The molecule has 8 nitrogen and oxygen atoms in total. The maximum atomic E-state index is 13.1. The molecule has 0 amide bonds. The van der Waals surface area contributed by atoms with Gasteiger partial charge in [0.25, 0.3) is 0 Å². The van der Waals surface area contributed by atoms with Crippen molar-refractivity contribution >= 4 is 11.7 Å². The average molecular weight is 420 g/mol. The highest BCUT2D eigenvalue weighted by Gasteiger charge is 2.39. The second kappa shape index (κ2) is 8.32. The summed E-state index contributed by atoms with van der Waals surface area (Å²) < 4.78 is 27.5. The van der Waals surface area contributed by atoms with Gasteiger partial charge in [0.2, 0.25) is 18.4 Å². The van der Waals surface area contributed by atoms with Crippen molar-refractivity contribution in [3.05, 3.63) is 70.6 Å². The van der Waals surface area contributed by atoms with Gasteiger partial charge in [-0.05, 0) is 24.6 Å². The summed E-state index contributed by atoms with van der Waals surface area (Å²) in [5.74, 6) is 0.00423. The number of nitrogens with zero attached hydrogens (tertiary/aromatic N) is 1. The summed E-state index contributed by atoms with van der Waals surface area (Å²) in [4.78, 5) is 13.1. The van der Waals surface area contributed by atoms with Crippen molar-refractivity contribution < 1.29 is 28.5 Å². The first-order valence-electron chi connectivity index (χ1n) is 9.60. The summed E-state index contributed by atoms with van der Waals surface area (Å²) in [5.41, 5.74) is 7.56. The lowest BCUT2D eigenvalue weighted by Gasteiger charge is -2.28. The second-order valence-electron chi connectivity index (χ2n) is 6.71. The number of benzene rings is 2. The third kappa shape index (κ3) is 3.51. The Labute approximate surface area is 179 Å². The molecule has 0 aliphatic carbocycles. The lowest BCUT2D eigenvalue weighted by molar-refractivity contribution is -0.138. The smallest absolute Gasteiger partial charge is 0.338 e. The van der Waals surface area contributed by atoms with Crippen molar-refractivity contribution in [1.29, 1.82) is 5.26 Å². The number of methoxy groups -OCH3 is 1. The Kier molecular flexibility index (Phi) is 5.41. The monoisotopic (exact) mass is 420 g/mol. The number of hydrogen-bond donors (Lipinski definition) is 1. The summed E-state index contributed by atoms with van der Waals surface area (Å²) in [5, 5.41) is 9.87. The third-order valence-electron chi connectivity index (χ3n) is 4.97. The summed E-state index contributed by atoms with van der Waals surface area (Å²) >= 11 is 0. The molecule has 0 bridgehead atoms. The summed E-state index contributed by atoms with van der Waals surface area (Å²) in [6.45, 7) is 1.91. The van der Waals surface area contributed by atoms with Gasteiger partial charge in [-0.3, -0.25) is 0 Å². The second-order valence-corrected chi connectivity index (χ2v) is 6.71. The van der Waals surface area contributed by atoms with Crippen LogP contribution in [0.2, 0.25) is 0 Å². The first kappa shape index (κ1) is 20.2. The van der Waals surface area contributed by atoms with Crippen LogP contribution in [0.15, 0.2) is 59.5 Å². The van der Waals surface area contributed by atoms with E-state index in [9.17, 15) is 10.1 Å². The molecule has 0 fully saturated rings. The van der Waals surface area contributed by atoms with Crippen molar-refractivity contribution in [2.24, 2.45) is 5.73 Å². The number of carbonyl (C=O) groups is 1. The van der Waals surface area contributed by atoms with Gasteiger partial charge < -0.3 is 29.4 Å².